The molecule has 0 fully saturated rings. The lowest BCUT2D eigenvalue weighted by Crippen LogP contribution is -2.33. The van der Waals surface area contributed by atoms with Crippen LogP contribution < -0.4 is 14.8 Å². The average Bonchev–Trinajstić information content (AvgIpc) is 2.49. The van der Waals surface area contributed by atoms with E-state index in [0.717, 1.165) is 44.3 Å². The predicted molar refractivity (Wildman–Crippen MR) is 80.7 cm³/mol. The van der Waals surface area contributed by atoms with Gasteiger partial charge in [0.15, 0.2) is 0 Å². The van der Waals surface area contributed by atoms with Gasteiger partial charge in [-0.05, 0) is 31.3 Å². The average molecular weight is 282 g/mol. The molecule has 0 unspecified atom stereocenters. The van der Waals surface area contributed by atoms with Crippen molar-refractivity contribution in [2.45, 2.75) is 0 Å². The van der Waals surface area contributed by atoms with E-state index in [1.54, 1.807) is 14.2 Å². The molecule has 0 saturated heterocycles. The van der Waals surface area contributed by atoms with Crippen LogP contribution in [0.5, 0.6) is 11.5 Å². The second-order valence-corrected chi connectivity index (χ2v) is 4.57. The number of hydrogen-bond donors (Lipinski definition) is 1. The molecule has 1 rings (SSSR count). The van der Waals surface area contributed by atoms with Crippen LogP contribution in [0.15, 0.2) is 24.3 Å². The zero-order valence-corrected chi connectivity index (χ0v) is 12.7. The van der Waals surface area contributed by atoms with Crippen molar-refractivity contribution in [3.8, 4) is 11.5 Å². The molecule has 20 heavy (non-hydrogen) atoms. The van der Waals surface area contributed by atoms with Crippen LogP contribution in [0.1, 0.15) is 0 Å². The van der Waals surface area contributed by atoms with Crippen molar-refractivity contribution in [1.82, 2.24) is 10.2 Å². The van der Waals surface area contributed by atoms with Gasteiger partial charge >= 0.3 is 0 Å². The van der Waals surface area contributed by atoms with E-state index in [9.17, 15) is 0 Å². The maximum Gasteiger partial charge on any atom is 0.119 e. The Labute approximate surface area is 121 Å². The summed E-state index contributed by atoms with van der Waals surface area (Å²) in [5.41, 5.74) is 0. The molecule has 0 heterocycles. The Morgan fingerprint density at radius 1 is 0.950 bits per heavy atom. The van der Waals surface area contributed by atoms with Crippen LogP contribution in [0.3, 0.4) is 0 Å². The third kappa shape index (κ3) is 7.33. The van der Waals surface area contributed by atoms with Crippen LogP contribution in [0.4, 0.5) is 0 Å². The minimum absolute atomic E-state index is 0.661. The minimum Gasteiger partial charge on any atom is -0.497 e. The highest BCUT2D eigenvalue weighted by Crippen LogP contribution is 2.16. The highest BCUT2D eigenvalue weighted by Gasteiger charge is 1.98. The van der Waals surface area contributed by atoms with E-state index in [1.165, 1.54) is 0 Å². The molecule has 0 aromatic heterocycles. The molecular formula is C15H26N2O3. The van der Waals surface area contributed by atoms with Crippen LogP contribution in [0.2, 0.25) is 0 Å². The molecule has 5 heteroatoms. The van der Waals surface area contributed by atoms with E-state index >= 15 is 0 Å². The molecular weight excluding hydrogens is 256 g/mol. The van der Waals surface area contributed by atoms with Crippen molar-refractivity contribution >= 4 is 0 Å². The standard InChI is InChI=1S/C15H26N2O3/c1-17(11-13-18-2)10-8-16-9-12-20-15-6-4-14(19-3)5-7-15/h4-7,16H,8-13H2,1-3H3. The third-order valence-electron chi connectivity index (χ3n) is 2.95. The molecule has 114 valence electrons. The Bertz CT molecular complexity index is 343. The third-order valence-corrected chi connectivity index (χ3v) is 2.95. The summed E-state index contributed by atoms with van der Waals surface area (Å²) in [7, 11) is 5.47. The topological polar surface area (TPSA) is 43.0 Å². The summed E-state index contributed by atoms with van der Waals surface area (Å²) in [5, 5.41) is 3.35. The molecule has 0 aliphatic rings. The van der Waals surface area contributed by atoms with E-state index in [2.05, 4.69) is 17.3 Å². The maximum atomic E-state index is 5.63. The summed E-state index contributed by atoms with van der Waals surface area (Å²) in [6.07, 6.45) is 0. The largest absolute Gasteiger partial charge is 0.497 e. The lowest BCUT2D eigenvalue weighted by atomic mass is 10.3. The van der Waals surface area contributed by atoms with E-state index in [-0.39, 0.29) is 0 Å². The fraction of sp³-hybridized carbons (Fsp3) is 0.600. The molecule has 0 amide bonds. The SMILES string of the molecule is COCCN(C)CCNCCOc1ccc(OC)cc1. The number of nitrogens with zero attached hydrogens (tertiary/aromatic N) is 1. The Morgan fingerprint density at radius 2 is 1.65 bits per heavy atom. The summed E-state index contributed by atoms with van der Waals surface area (Å²) in [4.78, 5) is 2.24. The van der Waals surface area contributed by atoms with Crippen molar-refractivity contribution in [3.05, 3.63) is 24.3 Å². The van der Waals surface area contributed by atoms with Gasteiger partial charge in [-0.1, -0.05) is 0 Å². The number of ether oxygens (including phenoxy) is 3. The van der Waals surface area contributed by atoms with Crippen LogP contribution in [-0.2, 0) is 4.74 Å². The molecule has 0 aliphatic carbocycles. The first-order valence-electron chi connectivity index (χ1n) is 6.91. The van der Waals surface area contributed by atoms with Crippen molar-refractivity contribution in [1.29, 1.82) is 0 Å². The Kier molecular flexibility index (Phi) is 8.78. The van der Waals surface area contributed by atoms with Crippen LogP contribution >= 0.6 is 0 Å². The van der Waals surface area contributed by atoms with Crippen molar-refractivity contribution < 1.29 is 14.2 Å². The summed E-state index contributed by atoms with van der Waals surface area (Å²) in [6.45, 7) is 5.19. The highest BCUT2D eigenvalue weighted by molar-refractivity contribution is 5.31. The number of hydrogen-bond acceptors (Lipinski definition) is 5. The van der Waals surface area contributed by atoms with E-state index in [0.29, 0.717) is 6.61 Å². The van der Waals surface area contributed by atoms with E-state index in [4.69, 9.17) is 14.2 Å². The first kappa shape index (κ1) is 16.8. The molecule has 5 nitrogen and oxygen atoms in total. The van der Waals surface area contributed by atoms with Crippen LogP contribution in [-0.4, -0.2) is 65.6 Å². The zero-order chi connectivity index (χ0) is 14.6. The quantitative estimate of drug-likeness (QED) is 0.619. The van der Waals surface area contributed by atoms with Gasteiger partial charge in [-0.2, -0.15) is 0 Å². The monoisotopic (exact) mass is 282 g/mol. The van der Waals surface area contributed by atoms with Crippen LogP contribution in [0, 0.1) is 0 Å². The van der Waals surface area contributed by atoms with Gasteiger partial charge in [-0.15, -0.1) is 0 Å². The summed E-state index contributed by atoms with van der Waals surface area (Å²) in [5.74, 6) is 1.71. The molecule has 1 N–H and O–H groups in total. The molecule has 1 aromatic carbocycles. The van der Waals surface area contributed by atoms with Gasteiger partial charge in [-0.3, -0.25) is 0 Å². The van der Waals surface area contributed by atoms with Crippen molar-refractivity contribution in [2.75, 3.05) is 60.7 Å². The maximum absolute atomic E-state index is 5.63. The summed E-state index contributed by atoms with van der Waals surface area (Å²) >= 11 is 0. The molecule has 1 aromatic rings. The molecule has 0 saturated carbocycles. The minimum atomic E-state index is 0.661. The van der Waals surface area contributed by atoms with Crippen LogP contribution in [0.25, 0.3) is 0 Å². The summed E-state index contributed by atoms with van der Waals surface area (Å²) < 4.78 is 15.8. The van der Waals surface area contributed by atoms with Gasteiger partial charge in [-0.25, -0.2) is 0 Å². The molecule has 0 atom stereocenters. The van der Waals surface area contributed by atoms with Gasteiger partial charge < -0.3 is 24.4 Å². The highest BCUT2D eigenvalue weighted by atomic mass is 16.5. The fourth-order valence-electron chi connectivity index (χ4n) is 1.67. The number of likely N-dealkylation sites (N-methyl/N-ethyl adjacent to an activating group) is 1. The second kappa shape index (κ2) is 10.5. The van der Waals surface area contributed by atoms with Gasteiger partial charge in [0, 0.05) is 33.3 Å². The lowest BCUT2D eigenvalue weighted by Gasteiger charge is -2.16. The number of rotatable bonds is 11. The first-order chi connectivity index (χ1) is 9.76. The lowest BCUT2D eigenvalue weighted by molar-refractivity contribution is 0.161. The normalized spacial score (nSPS) is 10.8. The number of benzene rings is 1. The van der Waals surface area contributed by atoms with Crippen molar-refractivity contribution in [3.63, 3.8) is 0 Å². The molecule has 0 aliphatic heterocycles. The fourth-order valence-corrected chi connectivity index (χ4v) is 1.67. The second-order valence-electron chi connectivity index (χ2n) is 4.57. The zero-order valence-electron chi connectivity index (χ0n) is 12.7. The van der Waals surface area contributed by atoms with Gasteiger partial charge in [0.25, 0.3) is 0 Å². The van der Waals surface area contributed by atoms with Gasteiger partial charge in [0.2, 0.25) is 0 Å². The Balaban J connectivity index is 2.01. The predicted octanol–water partition coefficient (Wildman–Crippen LogP) is 1.24. The smallest absolute Gasteiger partial charge is 0.119 e. The molecule has 0 radical (unpaired) electrons. The molecule has 0 bridgehead atoms. The Hall–Kier alpha value is -1.30. The Morgan fingerprint density at radius 3 is 2.30 bits per heavy atom. The molecule has 0 spiro atoms. The van der Waals surface area contributed by atoms with E-state index < -0.39 is 0 Å². The van der Waals surface area contributed by atoms with E-state index in [1.807, 2.05) is 24.3 Å². The number of nitrogens with one attached hydrogen (secondary N) is 1. The number of methoxy groups -OCH3 is 2. The first-order valence-corrected chi connectivity index (χ1v) is 6.91. The van der Waals surface area contributed by atoms with Gasteiger partial charge in [0.05, 0.1) is 13.7 Å². The summed E-state index contributed by atoms with van der Waals surface area (Å²) in [6, 6.07) is 7.62. The van der Waals surface area contributed by atoms with Crippen molar-refractivity contribution in [2.24, 2.45) is 0 Å². The van der Waals surface area contributed by atoms with Gasteiger partial charge in [0.1, 0.15) is 18.1 Å².